The van der Waals surface area contributed by atoms with Gasteiger partial charge in [-0.2, -0.15) is 10.1 Å². The molecule has 0 spiro atoms. The first-order valence-corrected chi connectivity index (χ1v) is 6.68. The molecule has 0 aliphatic rings. The highest BCUT2D eigenvalue weighted by atomic mass is 16.5. The summed E-state index contributed by atoms with van der Waals surface area (Å²) in [4.78, 5) is 15.9. The van der Waals surface area contributed by atoms with Crippen LogP contribution in [0, 0.1) is 0 Å². The van der Waals surface area contributed by atoms with Crippen LogP contribution in [0.1, 0.15) is 17.3 Å². The zero-order valence-electron chi connectivity index (χ0n) is 11.6. The second-order valence-corrected chi connectivity index (χ2v) is 4.56. The molecule has 2 amide bonds. The van der Waals surface area contributed by atoms with Crippen LogP contribution in [-0.2, 0) is 13.0 Å². The summed E-state index contributed by atoms with van der Waals surface area (Å²) >= 11 is 0. The van der Waals surface area contributed by atoms with E-state index in [0.29, 0.717) is 23.8 Å². The lowest BCUT2D eigenvalue weighted by Gasteiger charge is -2.02. The van der Waals surface area contributed by atoms with Crippen molar-refractivity contribution in [1.82, 2.24) is 25.7 Å². The van der Waals surface area contributed by atoms with Gasteiger partial charge in [0.2, 0.25) is 5.89 Å². The van der Waals surface area contributed by atoms with E-state index in [2.05, 4.69) is 31.0 Å². The van der Waals surface area contributed by atoms with Crippen LogP contribution in [0.4, 0.5) is 10.5 Å². The summed E-state index contributed by atoms with van der Waals surface area (Å²) in [7, 11) is 0. The lowest BCUT2D eigenvalue weighted by atomic mass is 10.1. The highest BCUT2D eigenvalue weighted by Gasteiger charge is 2.09. The second kappa shape index (κ2) is 6.53. The lowest BCUT2D eigenvalue weighted by Crippen LogP contribution is -2.28. The van der Waals surface area contributed by atoms with E-state index in [1.165, 1.54) is 6.20 Å². The minimum atomic E-state index is -0.371. The number of amides is 2. The van der Waals surface area contributed by atoms with Crippen LogP contribution >= 0.6 is 0 Å². The highest BCUT2D eigenvalue weighted by Crippen LogP contribution is 2.06. The second-order valence-electron chi connectivity index (χ2n) is 4.56. The molecule has 0 bridgehead atoms. The minimum absolute atomic E-state index is 0.158. The minimum Gasteiger partial charge on any atom is -0.337 e. The van der Waals surface area contributed by atoms with Crippen molar-refractivity contribution in [1.29, 1.82) is 0 Å². The SMILES string of the molecule is O=C(NCc1nc(Cc2ccccc2)no1)Nc1cn[nH]c1. The molecule has 2 aromatic heterocycles. The fraction of sp³-hybridized carbons (Fsp3) is 0.143. The Bertz CT molecular complexity index is 723. The van der Waals surface area contributed by atoms with E-state index < -0.39 is 0 Å². The number of hydrogen-bond acceptors (Lipinski definition) is 5. The first kappa shape index (κ1) is 13.8. The van der Waals surface area contributed by atoms with Crippen LogP contribution in [0.5, 0.6) is 0 Å². The van der Waals surface area contributed by atoms with E-state index in [-0.39, 0.29) is 12.6 Å². The predicted octanol–water partition coefficient (Wildman–Crippen LogP) is 1.71. The Labute approximate surface area is 125 Å². The zero-order chi connectivity index (χ0) is 15.2. The van der Waals surface area contributed by atoms with Gasteiger partial charge in [-0.3, -0.25) is 5.10 Å². The number of anilines is 1. The molecule has 0 radical (unpaired) electrons. The standard InChI is InChI=1S/C14H14N6O2/c21-14(18-11-7-16-17-8-11)15-9-13-19-12(20-22-13)6-10-4-2-1-3-5-10/h1-5,7-8H,6,9H2,(H,16,17)(H2,15,18,21). The molecule has 0 unspecified atom stereocenters. The number of aromatic amines is 1. The third-order valence-corrected chi connectivity index (χ3v) is 2.87. The van der Waals surface area contributed by atoms with Gasteiger partial charge in [0.05, 0.1) is 18.4 Å². The molecular formula is C14H14N6O2. The normalized spacial score (nSPS) is 10.4. The number of benzene rings is 1. The van der Waals surface area contributed by atoms with Crippen LogP contribution in [0.25, 0.3) is 0 Å². The first-order chi connectivity index (χ1) is 10.8. The number of nitrogens with one attached hydrogen (secondary N) is 3. The Balaban J connectivity index is 1.50. The molecule has 1 aromatic carbocycles. The highest BCUT2D eigenvalue weighted by molar-refractivity contribution is 5.88. The number of rotatable bonds is 5. The van der Waals surface area contributed by atoms with Crippen molar-refractivity contribution >= 4 is 11.7 Å². The molecule has 2 heterocycles. The van der Waals surface area contributed by atoms with E-state index in [1.807, 2.05) is 30.3 Å². The maximum Gasteiger partial charge on any atom is 0.319 e. The molecule has 0 saturated heterocycles. The van der Waals surface area contributed by atoms with Crippen molar-refractivity contribution < 1.29 is 9.32 Å². The van der Waals surface area contributed by atoms with Crippen molar-refractivity contribution in [3.05, 3.63) is 60.0 Å². The zero-order valence-corrected chi connectivity index (χ0v) is 11.6. The van der Waals surface area contributed by atoms with Crippen molar-refractivity contribution in [2.45, 2.75) is 13.0 Å². The molecule has 0 saturated carbocycles. The third kappa shape index (κ3) is 3.69. The fourth-order valence-electron chi connectivity index (χ4n) is 1.86. The number of carbonyl (C=O) groups is 1. The smallest absolute Gasteiger partial charge is 0.319 e. The van der Waals surface area contributed by atoms with Crippen LogP contribution in [-0.4, -0.2) is 26.4 Å². The monoisotopic (exact) mass is 298 g/mol. The Morgan fingerprint density at radius 1 is 1.27 bits per heavy atom. The predicted molar refractivity (Wildman–Crippen MR) is 78.0 cm³/mol. The molecule has 8 nitrogen and oxygen atoms in total. The first-order valence-electron chi connectivity index (χ1n) is 6.68. The molecule has 3 N–H and O–H groups in total. The number of carbonyl (C=O) groups excluding carboxylic acids is 1. The molecule has 0 atom stereocenters. The van der Waals surface area contributed by atoms with Gasteiger partial charge in [0.1, 0.15) is 0 Å². The van der Waals surface area contributed by atoms with Crippen LogP contribution in [0.2, 0.25) is 0 Å². The third-order valence-electron chi connectivity index (χ3n) is 2.87. The Morgan fingerprint density at radius 3 is 2.91 bits per heavy atom. The molecule has 0 fully saturated rings. The van der Waals surface area contributed by atoms with E-state index in [1.54, 1.807) is 6.20 Å². The maximum absolute atomic E-state index is 11.6. The van der Waals surface area contributed by atoms with E-state index in [4.69, 9.17) is 4.52 Å². The van der Waals surface area contributed by atoms with E-state index in [9.17, 15) is 4.79 Å². The van der Waals surface area contributed by atoms with Crippen LogP contribution < -0.4 is 10.6 Å². The summed E-state index contributed by atoms with van der Waals surface area (Å²) in [5, 5.41) is 15.5. The van der Waals surface area contributed by atoms with Gasteiger partial charge in [0, 0.05) is 12.6 Å². The topological polar surface area (TPSA) is 109 Å². The van der Waals surface area contributed by atoms with Gasteiger partial charge >= 0.3 is 6.03 Å². The summed E-state index contributed by atoms with van der Waals surface area (Å²) in [6.45, 7) is 0.158. The quantitative estimate of drug-likeness (QED) is 0.664. The summed E-state index contributed by atoms with van der Waals surface area (Å²) in [6.07, 6.45) is 3.67. The molecule has 8 heteroatoms. The van der Waals surface area contributed by atoms with Gasteiger partial charge in [-0.1, -0.05) is 35.5 Å². The number of hydrogen-bond donors (Lipinski definition) is 3. The van der Waals surface area contributed by atoms with Crippen LogP contribution in [0.15, 0.2) is 47.2 Å². The average Bonchev–Trinajstić information content (AvgIpc) is 3.18. The molecular weight excluding hydrogens is 284 g/mol. The number of H-pyrrole nitrogens is 1. The van der Waals surface area contributed by atoms with Crippen molar-refractivity contribution in [3.8, 4) is 0 Å². The van der Waals surface area contributed by atoms with Crippen molar-refractivity contribution in [3.63, 3.8) is 0 Å². The van der Waals surface area contributed by atoms with E-state index in [0.717, 1.165) is 5.56 Å². The Hall–Kier alpha value is -3.16. The van der Waals surface area contributed by atoms with Gasteiger partial charge in [-0.05, 0) is 5.56 Å². The number of aromatic nitrogens is 4. The largest absolute Gasteiger partial charge is 0.337 e. The Morgan fingerprint density at radius 2 is 2.14 bits per heavy atom. The van der Waals surface area contributed by atoms with Crippen molar-refractivity contribution in [2.75, 3.05) is 5.32 Å². The van der Waals surface area contributed by atoms with Crippen LogP contribution in [0.3, 0.4) is 0 Å². The van der Waals surface area contributed by atoms with Gasteiger partial charge in [0.25, 0.3) is 0 Å². The maximum atomic E-state index is 11.6. The summed E-state index contributed by atoms with van der Waals surface area (Å²) in [6, 6.07) is 9.48. The van der Waals surface area contributed by atoms with Gasteiger partial charge in [-0.25, -0.2) is 4.79 Å². The summed E-state index contributed by atoms with van der Waals surface area (Å²) in [5.74, 6) is 0.937. The van der Waals surface area contributed by atoms with Gasteiger partial charge in [-0.15, -0.1) is 0 Å². The average molecular weight is 298 g/mol. The summed E-state index contributed by atoms with van der Waals surface area (Å²) < 4.78 is 5.10. The van der Waals surface area contributed by atoms with E-state index >= 15 is 0 Å². The molecule has 0 aliphatic carbocycles. The molecule has 3 rings (SSSR count). The molecule has 3 aromatic rings. The van der Waals surface area contributed by atoms with Crippen molar-refractivity contribution in [2.24, 2.45) is 0 Å². The Kier molecular flexibility index (Phi) is 4.10. The number of urea groups is 1. The lowest BCUT2D eigenvalue weighted by molar-refractivity contribution is 0.249. The fourth-order valence-corrected chi connectivity index (χ4v) is 1.86. The van der Waals surface area contributed by atoms with Gasteiger partial charge < -0.3 is 15.2 Å². The summed E-state index contributed by atoms with van der Waals surface area (Å²) in [5.41, 5.74) is 1.67. The molecule has 112 valence electrons. The van der Waals surface area contributed by atoms with Gasteiger partial charge in [0.15, 0.2) is 5.82 Å². The molecule has 0 aliphatic heterocycles. The number of nitrogens with zero attached hydrogens (tertiary/aromatic N) is 3. The molecule has 22 heavy (non-hydrogen) atoms.